The third-order valence-electron chi connectivity index (χ3n) is 1.64. The summed E-state index contributed by atoms with van der Waals surface area (Å²) in [5.74, 6) is 0.188. The molecule has 0 unspecified atom stereocenters. The third-order valence-corrected chi connectivity index (χ3v) is 1.64. The van der Waals surface area contributed by atoms with Crippen molar-refractivity contribution in [1.82, 2.24) is 20.2 Å². The van der Waals surface area contributed by atoms with Gasteiger partial charge in [0.05, 0.1) is 6.21 Å². The van der Waals surface area contributed by atoms with Gasteiger partial charge in [0.2, 0.25) is 5.95 Å². The van der Waals surface area contributed by atoms with Crippen molar-refractivity contribution in [1.29, 1.82) is 0 Å². The number of hydrogen-bond donors (Lipinski definition) is 2. The molecule has 0 amide bonds. The summed E-state index contributed by atoms with van der Waals surface area (Å²) in [6, 6.07) is 3.64. The maximum atomic E-state index is 10.9. The number of hydrogen-bond acceptors (Lipinski definition) is 6. The fraction of sp³-hybridized carbons (Fsp3) is 0. The van der Waals surface area contributed by atoms with Crippen LogP contribution in [0.25, 0.3) is 0 Å². The molecule has 2 rings (SSSR count). The van der Waals surface area contributed by atoms with E-state index in [1.807, 2.05) is 6.07 Å². The Balaban J connectivity index is 2.03. The van der Waals surface area contributed by atoms with E-state index >= 15 is 0 Å². The highest BCUT2D eigenvalue weighted by molar-refractivity contribution is 5.79. The van der Waals surface area contributed by atoms with Gasteiger partial charge in [-0.15, -0.1) is 10.2 Å². The predicted octanol–water partition coefficient (Wildman–Crippen LogP) is 0.00590. The average molecular weight is 216 g/mol. The minimum absolute atomic E-state index is 0.188. The van der Waals surface area contributed by atoms with E-state index in [1.54, 1.807) is 24.7 Å². The zero-order valence-corrected chi connectivity index (χ0v) is 8.16. The minimum atomic E-state index is -0.339. The molecule has 0 spiro atoms. The lowest BCUT2D eigenvalue weighted by atomic mass is 10.3. The highest BCUT2D eigenvalue weighted by Gasteiger charge is 1.91. The Morgan fingerprint density at radius 2 is 2.38 bits per heavy atom. The number of aromatic nitrogens is 4. The molecule has 2 heterocycles. The summed E-state index contributed by atoms with van der Waals surface area (Å²) in [7, 11) is 0. The number of aromatic amines is 1. The highest BCUT2D eigenvalue weighted by atomic mass is 16.1. The van der Waals surface area contributed by atoms with Gasteiger partial charge in [-0.3, -0.25) is 14.8 Å². The monoisotopic (exact) mass is 216 g/mol. The lowest BCUT2D eigenvalue weighted by Gasteiger charge is -1.95. The van der Waals surface area contributed by atoms with Gasteiger partial charge < -0.3 is 0 Å². The van der Waals surface area contributed by atoms with E-state index in [0.717, 1.165) is 11.8 Å². The minimum Gasteiger partial charge on any atom is -0.289 e. The number of pyridine rings is 1. The third kappa shape index (κ3) is 2.71. The molecule has 7 nitrogen and oxygen atoms in total. The van der Waals surface area contributed by atoms with Crippen molar-refractivity contribution in [2.75, 3.05) is 5.43 Å². The summed E-state index contributed by atoms with van der Waals surface area (Å²) >= 11 is 0. The van der Waals surface area contributed by atoms with Gasteiger partial charge >= 0.3 is 0 Å². The first-order valence-corrected chi connectivity index (χ1v) is 4.46. The molecule has 0 aliphatic rings. The van der Waals surface area contributed by atoms with Crippen LogP contribution < -0.4 is 11.0 Å². The lowest BCUT2D eigenvalue weighted by molar-refractivity contribution is 0.939. The van der Waals surface area contributed by atoms with Gasteiger partial charge in [0, 0.05) is 18.0 Å². The lowest BCUT2D eigenvalue weighted by Crippen LogP contribution is -2.10. The summed E-state index contributed by atoms with van der Waals surface area (Å²) in [5.41, 5.74) is 3.04. The van der Waals surface area contributed by atoms with Crippen molar-refractivity contribution >= 4 is 12.2 Å². The van der Waals surface area contributed by atoms with Crippen molar-refractivity contribution < 1.29 is 0 Å². The fourth-order valence-corrected chi connectivity index (χ4v) is 0.984. The maximum Gasteiger partial charge on any atom is 0.271 e. The molecule has 0 radical (unpaired) electrons. The van der Waals surface area contributed by atoms with E-state index in [2.05, 4.69) is 30.7 Å². The van der Waals surface area contributed by atoms with Gasteiger partial charge in [0.1, 0.15) is 6.20 Å². The largest absolute Gasteiger partial charge is 0.289 e. The molecule has 7 heteroatoms. The van der Waals surface area contributed by atoms with Crippen LogP contribution in [0, 0.1) is 0 Å². The Morgan fingerprint density at radius 3 is 3.12 bits per heavy atom. The van der Waals surface area contributed by atoms with E-state index < -0.39 is 0 Å². The number of H-pyrrole nitrogens is 1. The first-order chi connectivity index (χ1) is 7.84. The van der Waals surface area contributed by atoms with E-state index in [9.17, 15) is 4.79 Å². The second-order valence-electron chi connectivity index (χ2n) is 2.84. The van der Waals surface area contributed by atoms with Crippen LogP contribution in [0.3, 0.4) is 0 Å². The van der Waals surface area contributed by atoms with Gasteiger partial charge in [-0.05, 0) is 6.07 Å². The Labute approximate surface area is 90.3 Å². The summed E-state index contributed by atoms with van der Waals surface area (Å²) in [4.78, 5) is 17.2. The second-order valence-corrected chi connectivity index (χ2v) is 2.84. The van der Waals surface area contributed by atoms with Crippen LogP contribution in [-0.2, 0) is 0 Å². The smallest absolute Gasteiger partial charge is 0.271 e. The first kappa shape index (κ1) is 9.97. The van der Waals surface area contributed by atoms with Crippen molar-refractivity contribution in [2.24, 2.45) is 5.10 Å². The van der Waals surface area contributed by atoms with Gasteiger partial charge in [0.25, 0.3) is 5.56 Å². The summed E-state index contributed by atoms with van der Waals surface area (Å²) in [6.07, 6.45) is 5.96. The van der Waals surface area contributed by atoms with Gasteiger partial charge in [-0.2, -0.15) is 5.10 Å². The molecule has 0 saturated carbocycles. The van der Waals surface area contributed by atoms with Crippen LogP contribution in [0.4, 0.5) is 5.95 Å². The Kier molecular flexibility index (Phi) is 2.98. The van der Waals surface area contributed by atoms with Gasteiger partial charge in [-0.25, -0.2) is 5.43 Å². The molecule has 2 aromatic rings. The topological polar surface area (TPSA) is 95.9 Å². The van der Waals surface area contributed by atoms with Crippen LogP contribution in [0.15, 0.2) is 40.6 Å². The molecule has 0 aromatic carbocycles. The van der Waals surface area contributed by atoms with Crippen molar-refractivity contribution in [3.05, 3.63) is 46.6 Å². The van der Waals surface area contributed by atoms with Crippen LogP contribution >= 0.6 is 0 Å². The predicted molar refractivity (Wildman–Crippen MR) is 58.1 cm³/mol. The first-order valence-electron chi connectivity index (χ1n) is 4.46. The number of anilines is 1. The Morgan fingerprint density at radius 1 is 1.44 bits per heavy atom. The maximum absolute atomic E-state index is 10.9. The molecule has 2 aromatic heterocycles. The molecule has 0 bridgehead atoms. The standard InChI is InChI=1S/C9H8N6O/c16-8-6-12-15-9(13-8)14-11-5-7-2-1-3-10-4-7/h1-6H,(H2,13,14,15,16)/b11-5+. The SMILES string of the molecule is O=c1cnnc(N/N=C/c2cccnc2)[nH]1. The molecular formula is C9H8N6O. The van der Waals surface area contributed by atoms with E-state index in [4.69, 9.17) is 0 Å². The van der Waals surface area contributed by atoms with E-state index in [-0.39, 0.29) is 11.5 Å². The highest BCUT2D eigenvalue weighted by Crippen LogP contribution is 1.92. The van der Waals surface area contributed by atoms with Crippen LogP contribution in [-0.4, -0.2) is 26.4 Å². The van der Waals surface area contributed by atoms with Gasteiger partial charge in [-0.1, -0.05) is 6.07 Å². The van der Waals surface area contributed by atoms with Crippen LogP contribution in [0.5, 0.6) is 0 Å². The van der Waals surface area contributed by atoms with E-state index in [0.29, 0.717) is 0 Å². The Hall–Kier alpha value is -2.57. The number of rotatable bonds is 3. The molecule has 0 atom stereocenters. The molecule has 0 fully saturated rings. The van der Waals surface area contributed by atoms with Gasteiger partial charge in [0.15, 0.2) is 0 Å². The molecule has 0 aliphatic carbocycles. The number of nitrogens with zero attached hydrogens (tertiary/aromatic N) is 4. The molecule has 80 valence electrons. The Bertz CT molecular complexity index is 535. The molecule has 0 aliphatic heterocycles. The molecule has 0 saturated heterocycles. The molecular weight excluding hydrogens is 208 g/mol. The van der Waals surface area contributed by atoms with Crippen LogP contribution in [0.1, 0.15) is 5.56 Å². The molecule has 16 heavy (non-hydrogen) atoms. The van der Waals surface area contributed by atoms with E-state index in [1.165, 1.54) is 0 Å². The van der Waals surface area contributed by atoms with Crippen molar-refractivity contribution in [2.45, 2.75) is 0 Å². The fourth-order valence-electron chi connectivity index (χ4n) is 0.984. The average Bonchev–Trinajstić information content (AvgIpc) is 2.30. The normalized spacial score (nSPS) is 10.5. The summed E-state index contributed by atoms with van der Waals surface area (Å²) in [6.45, 7) is 0. The zero-order valence-electron chi connectivity index (χ0n) is 8.16. The number of nitrogens with one attached hydrogen (secondary N) is 2. The summed E-state index contributed by atoms with van der Waals surface area (Å²) in [5, 5.41) is 11.0. The zero-order chi connectivity index (χ0) is 11.2. The quantitative estimate of drug-likeness (QED) is 0.556. The number of hydrazone groups is 1. The van der Waals surface area contributed by atoms with Crippen molar-refractivity contribution in [3.8, 4) is 0 Å². The molecule has 2 N–H and O–H groups in total. The van der Waals surface area contributed by atoms with Crippen molar-refractivity contribution in [3.63, 3.8) is 0 Å². The second kappa shape index (κ2) is 4.78. The van der Waals surface area contributed by atoms with Crippen LogP contribution in [0.2, 0.25) is 0 Å². The summed E-state index contributed by atoms with van der Waals surface area (Å²) < 4.78 is 0.